The summed E-state index contributed by atoms with van der Waals surface area (Å²) in [5, 5.41) is 4.04. The van der Waals surface area contributed by atoms with Crippen molar-refractivity contribution in [1.82, 2.24) is 5.32 Å². The van der Waals surface area contributed by atoms with Gasteiger partial charge in [-0.1, -0.05) is 41.4 Å². The number of amides is 1. The van der Waals surface area contributed by atoms with E-state index in [1.54, 1.807) is 24.8 Å². The first-order valence-electron chi connectivity index (χ1n) is 8.40. The number of aryl methyl sites for hydroxylation is 2. The van der Waals surface area contributed by atoms with Gasteiger partial charge in [-0.3, -0.25) is 4.79 Å². The van der Waals surface area contributed by atoms with Gasteiger partial charge in [-0.2, -0.15) is 11.8 Å². The second-order valence-corrected chi connectivity index (χ2v) is 8.04. The number of benzene rings is 2. The first kappa shape index (κ1) is 20.9. The molecule has 0 heterocycles. The standard InChI is InChI=1S/C20H23Cl2NO2S/c1-13-4-5-14(2)19(10-13)25-15(3)20(24)23-8-9-26-12-16-6-7-17(21)18(22)11-16/h4-7,10-11,15H,8-9,12H2,1-3H3,(H,23,24)/t15-/m0/s1. The lowest BCUT2D eigenvalue weighted by atomic mass is 10.1. The Morgan fingerprint density at radius 3 is 2.65 bits per heavy atom. The Bertz CT molecular complexity index is 767. The highest BCUT2D eigenvalue weighted by molar-refractivity contribution is 7.98. The van der Waals surface area contributed by atoms with Crippen LogP contribution in [-0.2, 0) is 10.5 Å². The molecule has 2 rings (SSSR count). The van der Waals surface area contributed by atoms with Gasteiger partial charge in [0.2, 0.25) is 0 Å². The molecular formula is C20H23Cl2NO2S. The van der Waals surface area contributed by atoms with E-state index in [1.807, 2.05) is 44.2 Å². The molecule has 26 heavy (non-hydrogen) atoms. The molecule has 0 saturated heterocycles. The summed E-state index contributed by atoms with van der Waals surface area (Å²) in [6, 6.07) is 11.6. The van der Waals surface area contributed by atoms with Crippen LogP contribution in [0.3, 0.4) is 0 Å². The van der Waals surface area contributed by atoms with Crippen LogP contribution in [0.25, 0.3) is 0 Å². The average Bonchev–Trinajstić information content (AvgIpc) is 2.60. The zero-order valence-electron chi connectivity index (χ0n) is 15.1. The minimum absolute atomic E-state index is 0.110. The monoisotopic (exact) mass is 411 g/mol. The Labute approximate surface area is 169 Å². The van der Waals surface area contributed by atoms with Crippen molar-refractivity contribution in [1.29, 1.82) is 0 Å². The molecule has 2 aromatic rings. The smallest absolute Gasteiger partial charge is 0.260 e. The maximum atomic E-state index is 12.2. The molecule has 0 aliphatic heterocycles. The van der Waals surface area contributed by atoms with Gasteiger partial charge >= 0.3 is 0 Å². The Kier molecular flexibility index (Phi) is 8.14. The third kappa shape index (κ3) is 6.42. The Morgan fingerprint density at radius 2 is 1.92 bits per heavy atom. The molecule has 140 valence electrons. The van der Waals surface area contributed by atoms with E-state index in [1.165, 1.54) is 0 Å². The highest BCUT2D eigenvalue weighted by atomic mass is 35.5. The maximum absolute atomic E-state index is 12.2. The highest BCUT2D eigenvalue weighted by Gasteiger charge is 2.15. The van der Waals surface area contributed by atoms with Crippen molar-refractivity contribution in [2.24, 2.45) is 0 Å². The van der Waals surface area contributed by atoms with Gasteiger partial charge < -0.3 is 10.1 Å². The minimum Gasteiger partial charge on any atom is -0.481 e. The van der Waals surface area contributed by atoms with E-state index in [9.17, 15) is 4.79 Å². The van der Waals surface area contributed by atoms with Crippen molar-refractivity contribution in [2.45, 2.75) is 32.6 Å². The molecule has 0 aliphatic carbocycles. The van der Waals surface area contributed by atoms with E-state index < -0.39 is 6.10 Å². The topological polar surface area (TPSA) is 38.3 Å². The number of ether oxygens (including phenoxy) is 1. The van der Waals surface area contributed by atoms with E-state index in [0.29, 0.717) is 16.6 Å². The molecule has 0 saturated carbocycles. The number of carbonyl (C=O) groups is 1. The van der Waals surface area contributed by atoms with Crippen LogP contribution in [0.5, 0.6) is 5.75 Å². The molecule has 1 atom stereocenters. The summed E-state index contributed by atoms with van der Waals surface area (Å²) >= 11 is 13.6. The number of rotatable bonds is 8. The summed E-state index contributed by atoms with van der Waals surface area (Å²) < 4.78 is 5.79. The fraction of sp³-hybridized carbons (Fsp3) is 0.350. The van der Waals surface area contributed by atoms with E-state index in [2.05, 4.69) is 5.32 Å². The maximum Gasteiger partial charge on any atom is 0.260 e. The third-order valence-corrected chi connectivity index (χ3v) is 5.58. The van der Waals surface area contributed by atoms with E-state index in [-0.39, 0.29) is 5.91 Å². The summed E-state index contributed by atoms with van der Waals surface area (Å²) in [5.74, 6) is 2.27. The average molecular weight is 412 g/mol. The molecular weight excluding hydrogens is 389 g/mol. The van der Waals surface area contributed by atoms with Crippen molar-refractivity contribution in [3.63, 3.8) is 0 Å². The fourth-order valence-corrected chi connectivity index (χ4v) is 3.41. The molecule has 0 radical (unpaired) electrons. The van der Waals surface area contributed by atoms with Crippen molar-refractivity contribution in [3.05, 3.63) is 63.1 Å². The van der Waals surface area contributed by atoms with Gasteiger partial charge in [-0.25, -0.2) is 0 Å². The van der Waals surface area contributed by atoms with Crippen LogP contribution in [0.1, 0.15) is 23.6 Å². The van der Waals surface area contributed by atoms with E-state index in [0.717, 1.165) is 33.9 Å². The quantitative estimate of drug-likeness (QED) is 0.588. The molecule has 1 amide bonds. The van der Waals surface area contributed by atoms with Crippen molar-refractivity contribution in [3.8, 4) is 5.75 Å². The second-order valence-electron chi connectivity index (χ2n) is 6.12. The van der Waals surface area contributed by atoms with Gasteiger partial charge in [-0.05, 0) is 55.7 Å². The largest absolute Gasteiger partial charge is 0.481 e. The molecule has 0 aromatic heterocycles. The normalized spacial score (nSPS) is 11.9. The number of nitrogens with one attached hydrogen (secondary N) is 1. The summed E-state index contributed by atoms with van der Waals surface area (Å²) in [7, 11) is 0. The number of thioether (sulfide) groups is 1. The number of halogens is 2. The summed E-state index contributed by atoms with van der Waals surface area (Å²) in [5.41, 5.74) is 3.24. The summed E-state index contributed by atoms with van der Waals surface area (Å²) in [4.78, 5) is 12.2. The van der Waals surface area contributed by atoms with Gasteiger partial charge in [0.05, 0.1) is 10.0 Å². The predicted octanol–water partition coefficient (Wildman–Crippen LogP) is 5.43. The van der Waals surface area contributed by atoms with Crippen LogP contribution in [0, 0.1) is 13.8 Å². The fourth-order valence-electron chi connectivity index (χ4n) is 2.29. The Morgan fingerprint density at radius 1 is 1.15 bits per heavy atom. The molecule has 0 aliphatic rings. The number of carbonyl (C=O) groups excluding carboxylic acids is 1. The second kappa shape index (κ2) is 10.1. The molecule has 3 nitrogen and oxygen atoms in total. The predicted molar refractivity (Wildman–Crippen MR) is 112 cm³/mol. The first-order chi connectivity index (χ1) is 12.4. The van der Waals surface area contributed by atoms with Gasteiger partial charge in [-0.15, -0.1) is 0 Å². The van der Waals surface area contributed by atoms with Crippen molar-refractivity contribution in [2.75, 3.05) is 12.3 Å². The van der Waals surface area contributed by atoms with Crippen molar-refractivity contribution >= 4 is 40.9 Å². The number of hydrogen-bond donors (Lipinski definition) is 1. The lowest BCUT2D eigenvalue weighted by molar-refractivity contribution is -0.127. The SMILES string of the molecule is Cc1ccc(C)c(O[C@@H](C)C(=O)NCCSCc2ccc(Cl)c(Cl)c2)c1. The number of hydrogen-bond acceptors (Lipinski definition) is 3. The van der Waals surface area contributed by atoms with Crippen LogP contribution in [0.4, 0.5) is 0 Å². The lowest BCUT2D eigenvalue weighted by Gasteiger charge is -2.16. The zero-order chi connectivity index (χ0) is 19.1. The summed E-state index contributed by atoms with van der Waals surface area (Å²) in [6.45, 7) is 6.33. The van der Waals surface area contributed by atoms with Crippen LogP contribution >= 0.6 is 35.0 Å². The van der Waals surface area contributed by atoms with Crippen LogP contribution in [0.15, 0.2) is 36.4 Å². The molecule has 0 fully saturated rings. The van der Waals surface area contributed by atoms with Gasteiger partial charge in [0.1, 0.15) is 5.75 Å². The third-order valence-electron chi connectivity index (χ3n) is 3.81. The van der Waals surface area contributed by atoms with Crippen LogP contribution in [-0.4, -0.2) is 24.3 Å². The van der Waals surface area contributed by atoms with Crippen LogP contribution < -0.4 is 10.1 Å². The molecule has 0 spiro atoms. The van der Waals surface area contributed by atoms with E-state index in [4.69, 9.17) is 27.9 Å². The molecule has 2 aromatic carbocycles. The van der Waals surface area contributed by atoms with E-state index >= 15 is 0 Å². The molecule has 0 unspecified atom stereocenters. The Balaban J connectivity index is 1.70. The zero-order valence-corrected chi connectivity index (χ0v) is 17.5. The van der Waals surface area contributed by atoms with Crippen LogP contribution in [0.2, 0.25) is 10.0 Å². The molecule has 1 N–H and O–H groups in total. The summed E-state index contributed by atoms with van der Waals surface area (Å²) in [6.07, 6.45) is -0.532. The first-order valence-corrected chi connectivity index (χ1v) is 10.3. The minimum atomic E-state index is -0.532. The highest BCUT2D eigenvalue weighted by Crippen LogP contribution is 2.24. The molecule has 0 bridgehead atoms. The van der Waals surface area contributed by atoms with Crippen molar-refractivity contribution < 1.29 is 9.53 Å². The Hall–Kier alpha value is -1.36. The van der Waals surface area contributed by atoms with Gasteiger partial charge in [0, 0.05) is 18.1 Å². The van der Waals surface area contributed by atoms with Gasteiger partial charge in [0.25, 0.3) is 5.91 Å². The lowest BCUT2D eigenvalue weighted by Crippen LogP contribution is -2.37. The van der Waals surface area contributed by atoms with Gasteiger partial charge in [0.15, 0.2) is 6.10 Å². The molecule has 6 heteroatoms.